The summed E-state index contributed by atoms with van der Waals surface area (Å²) in [6, 6.07) is 0. The van der Waals surface area contributed by atoms with E-state index in [0.29, 0.717) is 5.41 Å². The summed E-state index contributed by atoms with van der Waals surface area (Å²) in [5.74, 6) is 1.61. The van der Waals surface area contributed by atoms with Gasteiger partial charge in [0.25, 0.3) is 0 Å². The third-order valence-corrected chi connectivity index (χ3v) is 2.10. The van der Waals surface area contributed by atoms with Crippen LogP contribution in [0, 0.1) is 11.3 Å². The van der Waals surface area contributed by atoms with E-state index in [-0.39, 0.29) is 0 Å². The van der Waals surface area contributed by atoms with Gasteiger partial charge in [-0.15, -0.1) is 0 Å². The summed E-state index contributed by atoms with van der Waals surface area (Å²) in [4.78, 5) is 0. The Morgan fingerprint density at radius 3 is 2.30 bits per heavy atom. The first-order valence-corrected chi connectivity index (χ1v) is 4.13. The summed E-state index contributed by atoms with van der Waals surface area (Å²) >= 11 is 0. The zero-order valence-corrected chi connectivity index (χ0v) is 7.28. The minimum absolute atomic E-state index is 0.400. The normalized spacial score (nSPS) is 21.5. The van der Waals surface area contributed by atoms with Gasteiger partial charge in [-0.05, 0) is 24.7 Å². The Morgan fingerprint density at radius 1 is 1.30 bits per heavy atom. The van der Waals surface area contributed by atoms with Crippen molar-refractivity contribution in [2.75, 3.05) is 0 Å². The zero-order chi connectivity index (χ0) is 7.61. The molecule has 0 aromatic carbocycles. The molecule has 0 fully saturated rings. The summed E-state index contributed by atoms with van der Waals surface area (Å²) in [6.07, 6.45) is 8.54. The Balaban J connectivity index is 2.55. The highest BCUT2D eigenvalue weighted by molar-refractivity contribution is 5.18. The van der Waals surface area contributed by atoms with E-state index in [1.165, 1.54) is 19.3 Å². The first kappa shape index (κ1) is 7.84. The molecule has 0 heterocycles. The standard InChI is InChI=1S/C10H17/c1-10(2,3)9-7-5-4-6-8-9/h5,7H,4,6,8H2,1-3H3. The molecule has 0 atom stereocenters. The van der Waals surface area contributed by atoms with Gasteiger partial charge in [0, 0.05) is 5.92 Å². The minimum Gasteiger partial charge on any atom is -0.0879 e. The highest BCUT2D eigenvalue weighted by atomic mass is 14.3. The molecule has 1 aliphatic carbocycles. The zero-order valence-electron chi connectivity index (χ0n) is 7.28. The monoisotopic (exact) mass is 137 g/mol. The van der Waals surface area contributed by atoms with Crippen molar-refractivity contribution >= 4 is 0 Å². The van der Waals surface area contributed by atoms with Gasteiger partial charge in [0.05, 0.1) is 0 Å². The van der Waals surface area contributed by atoms with Crippen LogP contribution in [0.5, 0.6) is 0 Å². The molecule has 0 aliphatic heterocycles. The second-order valence-electron chi connectivity index (χ2n) is 4.07. The molecule has 0 heteroatoms. The predicted molar refractivity (Wildman–Crippen MR) is 45.7 cm³/mol. The topological polar surface area (TPSA) is 0 Å². The van der Waals surface area contributed by atoms with Crippen LogP contribution in [0.4, 0.5) is 0 Å². The van der Waals surface area contributed by atoms with E-state index in [9.17, 15) is 0 Å². The maximum Gasteiger partial charge on any atom is 0.00262 e. The maximum absolute atomic E-state index is 2.31. The second-order valence-corrected chi connectivity index (χ2v) is 4.07. The molecule has 10 heavy (non-hydrogen) atoms. The minimum atomic E-state index is 0.400. The number of hydrogen-bond acceptors (Lipinski definition) is 0. The van der Waals surface area contributed by atoms with Gasteiger partial charge in [-0.1, -0.05) is 32.9 Å². The van der Waals surface area contributed by atoms with Crippen molar-refractivity contribution in [2.24, 2.45) is 5.41 Å². The number of hydrogen-bond donors (Lipinski definition) is 0. The molecule has 0 bridgehead atoms. The average Bonchev–Trinajstić information content (AvgIpc) is 1.88. The molecule has 0 N–H and O–H groups in total. The lowest BCUT2D eigenvalue weighted by Gasteiger charge is -2.29. The Morgan fingerprint density at radius 2 is 2.00 bits per heavy atom. The first-order chi connectivity index (χ1) is 4.61. The average molecular weight is 137 g/mol. The van der Waals surface area contributed by atoms with Gasteiger partial charge in [-0.3, -0.25) is 0 Å². The van der Waals surface area contributed by atoms with Crippen LogP contribution in [0.3, 0.4) is 0 Å². The maximum atomic E-state index is 2.31. The van der Waals surface area contributed by atoms with Crippen LogP contribution in [0.15, 0.2) is 12.2 Å². The van der Waals surface area contributed by atoms with E-state index < -0.39 is 0 Å². The van der Waals surface area contributed by atoms with Crippen LogP contribution < -0.4 is 0 Å². The number of allylic oxidation sites excluding steroid dienone is 2. The van der Waals surface area contributed by atoms with Crippen LogP contribution >= 0.6 is 0 Å². The molecule has 0 unspecified atom stereocenters. The lowest BCUT2D eigenvalue weighted by Crippen LogP contribution is -2.17. The Labute approximate surface area is 64.3 Å². The van der Waals surface area contributed by atoms with Crippen molar-refractivity contribution < 1.29 is 0 Å². The molecule has 1 rings (SSSR count). The summed E-state index contributed by atoms with van der Waals surface area (Å²) < 4.78 is 0. The van der Waals surface area contributed by atoms with Crippen molar-refractivity contribution in [3.05, 3.63) is 18.1 Å². The van der Waals surface area contributed by atoms with Gasteiger partial charge in [-0.25, -0.2) is 0 Å². The smallest absolute Gasteiger partial charge is 0.00262 e. The third-order valence-electron chi connectivity index (χ3n) is 2.10. The lowest BCUT2D eigenvalue weighted by molar-refractivity contribution is 0.419. The lowest BCUT2D eigenvalue weighted by atomic mass is 9.76. The highest BCUT2D eigenvalue weighted by Crippen LogP contribution is 2.35. The van der Waals surface area contributed by atoms with Gasteiger partial charge in [0.2, 0.25) is 0 Å². The van der Waals surface area contributed by atoms with E-state index in [1.807, 2.05) is 0 Å². The molecule has 0 nitrogen and oxygen atoms in total. The van der Waals surface area contributed by atoms with Crippen LogP contribution in [-0.2, 0) is 0 Å². The highest BCUT2D eigenvalue weighted by Gasteiger charge is 2.23. The van der Waals surface area contributed by atoms with Crippen molar-refractivity contribution in [1.29, 1.82) is 0 Å². The van der Waals surface area contributed by atoms with Crippen molar-refractivity contribution in [3.63, 3.8) is 0 Å². The van der Waals surface area contributed by atoms with Crippen LogP contribution in [0.2, 0.25) is 0 Å². The van der Waals surface area contributed by atoms with Gasteiger partial charge in [0.1, 0.15) is 0 Å². The molecule has 57 valence electrons. The fourth-order valence-electron chi connectivity index (χ4n) is 1.34. The van der Waals surface area contributed by atoms with Crippen molar-refractivity contribution in [1.82, 2.24) is 0 Å². The Kier molecular flexibility index (Phi) is 2.18. The molecular weight excluding hydrogens is 120 g/mol. The van der Waals surface area contributed by atoms with Crippen molar-refractivity contribution in [2.45, 2.75) is 40.0 Å². The van der Waals surface area contributed by atoms with Gasteiger partial charge >= 0.3 is 0 Å². The van der Waals surface area contributed by atoms with E-state index in [2.05, 4.69) is 32.9 Å². The second kappa shape index (κ2) is 2.77. The third kappa shape index (κ3) is 1.86. The van der Waals surface area contributed by atoms with E-state index in [0.717, 1.165) is 0 Å². The number of rotatable bonds is 0. The largest absolute Gasteiger partial charge is 0.0879 e. The van der Waals surface area contributed by atoms with Gasteiger partial charge < -0.3 is 0 Å². The Hall–Kier alpha value is -0.260. The summed E-state index contributed by atoms with van der Waals surface area (Å²) in [5, 5.41) is 0. The van der Waals surface area contributed by atoms with E-state index in [1.54, 1.807) is 5.92 Å². The SMILES string of the molecule is CC(C)(C)[C]1C=CCCC1. The molecule has 1 radical (unpaired) electrons. The fraction of sp³-hybridized carbons (Fsp3) is 0.700. The quantitative estimate of drug-likeness (QED) is 0.480. The van der Waals surface area contributed by atoms with E-state index >= 15 is 0 Å². The molecule has 0 amide bonds. The first-order valence-electron chi connectivity index (χ1n) is 4.13. The molecule has 0 saturated carbocycles. The van der Waals surface area contributed by atoms with Crippen LogP contribution in [0.25, 0.3) is 0 Å². The molecule has 0 saturated heterocycles. The van der Waals surface area contributed by atoms with Gasteiger partial charge in [-0.2, -0.15) is 0 Å². The molecule has 0 aromatic heterocycles. The molecule has 0 aromatic rings. The van der Waals surface area contributed by atoms with Crippen LogP contribution in [-0.4, -0.2) is 0 Å². The molecular formula is C10H17. The predicted octanol–water partition coefficient (Wildman–Crippen LogP) is 3.35. The van der Waals surface area contributed by atoms with Crippen LogP contribution in [0.1, 0.15) is 40.0 Å². The fourth-order valence-corrected chi connectivity index (χ4v) is 1.34. The Bertz CT molecular complexity index is 125. The summed E-state index contributed by atoms with van der Waals surface area (Å²) in [6.45, 7) is 6.87. The summed E-state index contributed by atoms with van der Waals surface area (Å²) in [5.41, 5.74) is 0.400. The van der Waals surface area contributed by atoms with Gasteiger partial charge in [0.15, 0.2) is 0 Å². The molecule has 1 aliphatic rings. The van der Waals surface area contributed by atoms with E-state index in [4.69, 9.17) is 0 Å². The molecule has 0 spiro atoms. The summed E-state index contributed by atoms with van der Waals surface area (Å²) in [7, 11) is 0. The van der Waals surface area contributed by atoms with Crippen molar-refractivity contribution in [3.8, 4) is 0 Å².